The molecule has 3 aromatic carbocycles. The van der Waals surface area contributed by atoms with E-state index in [1.165, 1.54) is 11.3 Å². The second kappa shape index (κ2) is 11.3. The lowest BCUT2D eigenvalue weighted by atomic mass is 10.1. The summed E-state index contributed by atoms with van der Waals surface area (Å²) in [5.41, 5.74) is 2.66. The van der Waals surface area contributed by atoms with Crippen LogP contribution in [0.1, 0.15) is 18.9 Å². The van der Waals surface area contributed by atoms with Crippen molar-refractivity contribution >= 4 is 51.3 Å². The second-order valence-electron chi connectivity index (χ2n) is 7.25. The Balaban J connectivity index is 1.43. The van der Waals surface area contributed by atoms with Crippen LogP contribution in [0.15, 0.2) is 66.7 Å². The van der Waals surface area contributed by atoms with Crippen LogP contribution in [0.5, 0.6) is 11.5 Å². The van der Waals surface area contributed by atoms with Crippen LogP contribution in [0.25, 0.3) is 10.6 Å². The zero-order chi connectivity index (χ0) is 23.9. The number of aromatic nitrogens is 2. The van der Waals surface area contributed by atoms with E-state index in [1.54, 1.807) is 19.1 Å². The van der Waals surface area contributed by atoms with Crippen molar-refractivity contribution in [3.8, 4) is 22.1 Å². The lowest BCUT2D eigenvalue weighted by molar-refractivity contribution is -0.143. The zero-order valence-electron chi connectivity index (χ0n) is 18.3. The van der Waals surface area contributed by atoms with Crippen LogP contribution in [-0.2, 0) is 16.0 Å². The molecule has 4 aromatic rings. The van der Waals surface area contributed by atoms with E-state index >= 15 is 0 Å². The van der Waals surface area contributed by atoms with Gasteiger partial charge in [-0.1, -0.05) is 58.8 Å². The van der Waals surface area contributed by atoms with Crippen LogP contribution in [0.4, 0.5) is 10.8 Å². The predicted molar refractivity (Wildman–Crippen MR) is 137 cm³/mol. The lowest BCUT2D eigenvalue weighted by Gasteiger charge is -2.09. The second-order valence-corrected chi connectivity index (χ2v) is 9.04. The molecular formula is C25H21Cl2N3O3S. The number of esters is 1. The fourth-order valence-corrected chi connectivity index (χ4v) is 4.22. The average Bonchev–Trinajstić information content (AvgIpc) is 3.29. The minimum Gasteiger partial charge on any atom is -0.466 e. The molecule has 4 rings (SSSR count). The number of aryl methyl sites for hydroxylation is 1. The van der Waals surface area contributed by atoms with E-state index in [4.69, 9.17) is 32.7 Å². The number of nitrogens with zero attached hydrogens (tertiary/aromatic N) is 2. The summed E-state index contributed by atoms with van der Waals surface area (Å²) >= 11 is 13.5. The minimum atomic E-state index is -0.202. The van der Waals surface area contributed by atoms with Gasteiger partial charge in [-0.15, -0.1) is 10.2 Å². The smallest absolute Gasteiger partial charge is 0.306 e. The first-order valence-corrected chi connectivity index (χ1v) is 12.2. The molecule has 1 aromatic heterocycles. The van der Waals surface area contributed by atoms with E-state index in [-0.39, 0.29) is 5.97 Å². The molecule has 0 saturated heterocycles. The predicted octanol–water partition coefficient (Wildman–Crippen LogP) is 7.54. The van der Waals surface area contributed by atoms with Crippen molar-refractivity contribution in [1.29, 1.82) is 0 Å². The number of hydrogen-bond acceptors (Lipinski definition) is 7. The molecule has 0 fully saturated rings. The van der Waals surface area contributed by atoms with Crippen molar-refractivity contribution in [3.63, 3.8) is 0 Å². The molecule has 34 heavy (non-hydrogen) atoms. The number of benzene rings is 3. The van der Waals surface area contributed by atoms with E-state index < -0.39 is 0 Å². The van der Waals surface area contributed by atoms with Crippen LogP contribution in [0, 0.1) is 0 Å². The summed E-state index contributed by atoms with van der Waals surface area (Å²) in [6.07, 6.45) is 0.928. The third-order valence-corrected chi connectivity index (χ3v) is 6.36. The Labute approximate surface area is 211 Å². The van der Waals surface area contributed by atoms with E-state index in [1.807, 2.05) is 54.6 Å². The number of hydrogen-bond donors (Lipinski definition) is 1. The molecule has 0 saturated carbocycles. The van der Waals surface area contributed by atoms with Gasteiger partial charge in [0, 0.05) is 17.7 Å². The standard InChI is InChI=1S/C25H21Cl2N3O3S/c1-2-32-23(31)12-9-16-5-3-7-19(13-16)33-20-8-4-6-17(14-20)24-29-30-25(34-24)28-18-10-11-21(26)22(27)15-18/h3-8,10-11,13-15H,2,9,12H2,1H3,(H,28,30). The van der Waals surface area contributed by atoms with Gasteiger partial charge in [-0.3, -0.25) is 4.79 Å². The largest absolute Gasteiger partial charge is 0.466 e. The number of carbonyl (C=O) groups excluding carboxylic acids is 1. The van der Waals surface area contributed by atoms with Gasteiger partial charge in [0.1, 0.15) is 16.5 Å². The summed E-state index contributed by atoms with van der Waals surface area (Å²) < 4.78 is 11.1. The van der Waals surface area contributed by atoms with Crippen LogP contribution >= 0.6 is 34.5 Å². The number of ether oxygens (including phenoxy) is 2. The molecule has 0 spiro atoms. The van der Waals surface area contributed by atoms with Crippen LogP contribution in [-0.4, -0.2) is 22.8 Å². The third kappa shape index (κ3) is 6.47. The summed E-state index contributed by atoms with van der Waals surface area (Å²) in [7, 11) is 0. The Hall–Kier alpha value is -3.13. The molecule has 1 N–H and O–H groups in total. The van der Waals surface area contributed by atoms with Gasteiger partial charge in [0.2, 0.25) is 5.13 Å². The van der Waals surface area contributed by atoms with Crippen LogP contribution in [0.3, 0.4) is 0 Å². The first kappa shape index (κ1) is 24.0. The van der Waals surface area contributed by atoms with Gasteiger partial charge in [0.25, 0.3) is 0 Å². The van der Waals surface area contributed by atoms with Gasteiger partial charge in [-0.2, -0.15) is 0 Å². The molecular weight excluding hydrogens is 493 g/mol. The van der Waals surface area contributed by atoms with Crippen LogP contribution < -0.4 is 10.1 Å². The number of carbonyl (C=O) groups is 1. The molecule has 0 aliphatic rings. The maximum Gasteiger partial charge on any atom is 0.306 e. The molecule has 0 aliphatic heterocycles. The molecule has 1 heterocycles. The molecule has 6 nitrogen and oxygen atoms in total. The molecule has 0 radical (unpaired) electrons. The number of nitrogens with one attached hydrogen (secondary N) is 1. The highest BCUT2D eigenvalue weighted by molar-refractivity contribution is 7.18. The van der Waals surface area contributed by atoms with Gasteiger partial charge in [-0.05, 0) is 61.4 Å². The average molecular weight is 514 g/mol. The van der Waals surface area contributed by atoms with Crippen molar-refractivity contribution in [3.05, 3.63) is 82.3 Å². The van der Waals surface area contributed by atoms with Gasteiger partial charge in [0.05, 0.1) is 16.7 Å². The molecule has 0 atom stereocenters. The van der Waals surface area contributed by atoms with E-state index in [0.717, 1.165) is 21.8 Å². The quantitative estimate of drug-likeness (QED) is 0.233. The van der Waals surface area contributed by atoms with Gasteiger partial charge in [-0.25, -0.2) is 0 Å². The Morgan fingerprint density at radius 3 is 2.56 bits per heavy atom. The number of rotatable bonds is 9. The van der Waals surface area contributed by atoms with Crippen molar-refractivity contribution in [1.82, 2.24) is 10.2 Å². The Morgan fingerprint density at radius 2 is 1.76 bits per heavy atom. The van der Waals surface area contributed by atoms with Crippen molar-refractivity contribution < 1.29 is 14.3 Å². The maximum absolute atomic E-state index is 11.6. The lowest BCUT2D eigenvalue weighted by Crippen LogP contribution is -2.05. The SMILES string of the molecule is CCOC(=O)CCc1cccc(Oc2cccc(-c3nnc(Nc4ccc(Cl)c(Cl)c4)s3)c2)c1. The van der Waals surface area contributed by atoms with E-state index in [2.05, 4.69) is 15.5 Å². The first-order valence-electron chi connectivity index (χ1n) is 10.6. The highest BCUT2D eigenvalue weighted by Gasteiger charge is 2.10. The van der Waals surface area contributed by atoms with E-state index in [9.17, 15) is 4.79 Å². The molecule has 174 valence electrons. The summed E-state index contributed by atoms with van der Waals surface area (Å²) in [5, 5.41) is 14.0. The van der Waals surface area contributed by atoms with Gasteiger partial charge in [0.15, 0.2) is 0 Å². The number of halogens is 2. The molecule has 0 aliphatic carbocycles. The Bertz CT molecular complexity index is 1300. The summed E-state index contributed by atoms with van der Waals surface area (Å²) in [5.74, 6) is 1.17. The number of anilines is 2. The minimum absolute atomic E-state index is 0.202. The topological polar surface area (TPSA) is 73.3 Å². The van der Waals surface area contributed by atoms with Crippen molar-refractivity contribution in [2.75, 3.05) is 11.9 Å². The van der Waals surface area contributed by atoms with Gasteiger partial charge < -0.3 is 14.8 Å². The fraction of sp³-hybridized carbons (Fsp3) is 0.160. The highest BCUT2D eigenvalue weighted by Crippen LogP contribution is 2.33. The highest BCUT2D eigenvalue weighted by atomic mass is 35.5. The van der Waals surface area contributed by atoms with Crippen molar-refractivity contribution in [2.45, 2.75) is 19.8 Å². The first-order chi connectivity index (χ1) is 16.5. The monoisotopic (exact) mass is 513 g/mol. The third-order valence-electron chi connectivity index (χ3n) is 4.73. The maximum atomic E-state index is 11.6. The summed E-state index contributed by atoms with van der Waals surface area (Å²) in [6, 6.07) is 20.6. The summed E-state index contributed by atoms with van der Waals surface area (Å²) in [4.78, 5) is 11.6. The summed E-state index contributed by atoms with van der Waals surface area (Å²) in [6.45, 7) is 2.19. The normalized spacial score (nSPS) is 10.7. The zero-order valence-corrected chi connectivity index (χ0v) is 20.6. The molecule has 9 heteroatoms. The van der Waals surface area contributed by atoms with Gasteiger partial charge >= 0.3 is 5.97 Å². The Kier molecular flexibility index (Phi) is 8.00. The van der Waals surface area contributed by atoms with Crippen molar-refractivity contribution in [2.24, 2.45) is 0 Å². The molecule has 0 bridgehead atoms. The Morgan fingerprint density at radius 1 is 0.971 bits per heavy atom. The molecule has 0 amide bonds. The van der Waals surface area contributed by atoms with Crippen LogP contribution in [0.2, 0.25) is 10.0 Å². The molecule has 0 unspecified atom stereocenters. The fourth-order valence-electron chi connectivity index (χ4n) is 3.16. The van der Waals surface area contributed by atoms with E-state index in [0.29, 0.717) is 46.1 Å².